The quantitative estimate of drug-likeness (QED) is 0.0796. The Morgan fingerprint density at radius 3 is 2.34 bits per heavy atom. The molecule has 3 aliphatic rings. The highest BCUT2D eigenvalue weighted by molar-refractivity contribution is 6.09. The van der Waals surface area contributed by atoms with E-state index in [0.717, 1.165) is 75.2 Å². The Morgan fingerprint density at radius 1 is 0.898 bits per heavy atom. The molecule has 3 aromatic rings. The fraction of sp³-hybridized carbons (Fsp3) is 0.356. The summed E-state index contributed by atoms with van der Waals surface area (Å²) < 4.78 is 9.96. The third-order valence-electron chi connectivity index (χ3n) is 10.7. The van der Waals surface area contributed by atoms with Crippen molar-refractivity contribution in [3.8, 4) is 34.3 Å². The van der Waals surface area contributed by atoms with Crippen LogP contribution in [0.15, 0.2) is 80.9 Å². The smallest absolute Gasteiger partial charge is 0.328 e. The van der Waals surface area contributed by atoms with Crippen LogP contribution in [-0.2, 0) is 20.9 Å². The predicted molar refractivity (Wildman–Crippen MR) is 227 cm³/mol. The molecule has 0 bridgehead atoms. The van der Waals surface area contributed by atoms with Crippen molar-refractivity contribution in [2.75, 3.05) is 63.8 Å². The second-order valence-electron chi connectivity index (χ2n) is 14.1. The van der Waals surface area contributed by atoms with Crippen LogP contribution in [0.2, 0.25) is 0 Å². The van der Waals surface area contributed by atoms with Crippen molar-refractivity contribution in [1.82, 2.24) is 29.2 Å². The van der Waals surface area contributed by atoms with Gasteiger partial charge in [-0.25, -0.2) is 9.37 Å². The van der Waals surface area contributed by atoms with Gasteiger partial charge in [0.2, 0.25) is 17.2 Å². The average Bonchev–Trinajstić information content (AvgIpc) is 3.25. The molecule has 306 valence electrons. The predicted octanol–water partition coefficient (Wildman–Crippen LogP) is 3.14. The van der Waals surface area contributed by atoms with Crippen LogP contribution < -0.4 is 31.4 Å². The number of nitrogens with zero attached hydrogens (tertiary/aromatic N) is 5. The molecule has 1 aliphatic carbocycles. The molecule has 3 heterocycles. The standard InChI is InChI=1S/C45H49N7O7/c1-5-48(6-2)32-15-17-36-38(28-32)59-39-29-33(49(7-3)8-4)16-18-37(39)42(36)34-13-9-10-14-35(34)44(57)51-24-22-50(23-25-51)41(55)20-19-40(54)46-21-11-12-31-30-52(26-27-53)45(58)47-43(31)56/h9-10,13-18,27-30H,5-8,19-26H2,1-4H3,(H-,46,47,54,56,58)/p+1. The van der Waals surface area contributed by atoms with E-state index < -0.39 is 11.2 Å². The van der Waals surface area contributed by atoms with Crippen LogP contribution in [0.25, 0.3) is 33.4 Å². The molecular formula is C45H50N7O7+. The summed E-state index contributed by atoms with van der Waals surface area (Å²) in [7, 11) is 0. The maximum atomic E-state index is 14.4. The molecular weight excluding hydrogens is 751 g/mol. The number of hydrogen-bond acceptors (Lipinski definition) is 8. The number of anilines is 1. The van der Waals surface area contributed by atoms with Gasteiger partial charge in [0, 0.05) is 98.2 Å². The number of nitrogens with one attached hydrogen (secondary N) is 2. The second-order valence-corrected chi connectivity index (χ2v) is 14.1. The molecule has 6 rings (SSSR count). The highest BCUT2D eigenvalue weighted by Crippen LogP contribution is 2.42. The van der Waals surface area contributed by atoms with Crippen molar-refractivity contribution in [1.29, 1.82) is 0 Å². The average molecular weight is 801 g/mol. The second kappa shape index (κ2) is 19.1. The highest BCUT2D eigenvalue weighted by Gasteiger charge is 2.28. The first-order chi connectivity index (χ1) is 28.6. The van der Waals surface area contributed by atoms with Gasteiger partial charge in [-0.05, 0) is 57.5 Å². The summed E-state index contributed by atoms with van der Waals surface area (Å²) >= 11 is 0. The molecule has 1 aromatic heterocycles. The number of benzene rings is 3. The monoisotopic (exact) mass is 800 g/mol. The number of piperazine rings is 1. The van der Waals surface area contributed by atoms with Gasteiger partial charge in [0.15, 0.2) is 0 Å². The lowest BCUT2D eigenvalue weighted by molar-refractivity contribution is -0.134. The molecule has 1 fully saturated rings. The minimum absolute atomic E-state index is 0.0163. The van der Waals surface area contributed by atoms with Gasteiger partial charge in [-0.3, -0.25) is 28.7 Å². The van der Waals surface area contributed by atoms with Crippen molar-refractivity contribution in [2.45, 2.75) is 47.1 Å². The van der Waals surface area contributed by atoms with E-state index in [0.29, 0.717) is 38.0 Å². The van der Waals surface area contributed by atoms with E-state index in [1.54, 1.807) is 9.80 Å². The first-order valence-electron chi connectivity index (χ1n) is 20.1. The fourth-order valence-electron chi connectivity index (χ4n) is 7.51. The molecule has 0 saturated carbocycles. The zero-order chi connectivity index (χ0) is 42.1. The van der Waals surface area contributed by atoms with Gasteiger partial charge in [0.05, 0.1) is 19.2 Å². The van der Waals surface area contributed by atoms with Crippen LogP contribution in [0.5, 0.6) is 0 Å². The summed E-state index contributed by atoms with van der Waals surface area (Å²) in [6, 6.07) is 20.2. The van der Waals surface area contributed by atoms with Crippen LogP contribution in [0.1, 0.15) is 56.5 Å². The molecule has 59 heavy (non-hydrogen) atoms. The van der Waals surface area contributed by atoms with Gasteiger partial charge < -0.3 is 29.2 Å². The highest BCUT2D eigenvalue weighted by atomic mass is 16.3. The third kappa shape index (κ3) is 9.36. The normalized spacial score (nSPS) is 12.5. The molecule has 2 aromatic carbocycles. The Morgan fingerprint density at radius 2 is 1.63 bits per heavy atom. The number of aromatic amines is 1. The molecule has 1 saturated heterocycles. The summed E-state index contributed by atoms with van der Waals surface area (Å²) in [5.41, 5.74) is 3.55. The summed E-state index contributed by atoms with van der Waals surface area (Å²) in [5, 5.41) is 4.58. The molecule has 0 unspecified atom stereocenters. The molecule has 3 amide bonds. The summed E-state index contributed by atoms with van der Waals surface area (Å²) in [6.07, 6.45) is 1.63. The summed E-state index contributed by atoms with van der Waals surface area (Å²) in [6.45, 7) is 13.0. The largest absolute Gasteiger partial charge is 0.456 e. The van der Waals surface area contributed by atoms with Gasteiger partial charge in [-0.15, -0.1) is 0 Å². The van der Waals surface area contributed by atoms with Crippen LogP contribution in [0.3, 0.4) is 0 Å². The number of carbonyl (C=O) groups is 4. The number of carbonyl (C=O) groups excluding carboxylic acids is 4. The summed E-state index contributed by atoms with van der Waals surface area (Å²) in [5.74, 6) is 5.26. The maximum absolute atomic E-state index is 14.4. The van der Waals surface area contributed by atoms with E-state index in [9.17, 15) is 28.8 Å². The Labute approximate surface area is 342 Å². The van der Waals surface area contributed by atoms with Gasteiger partial charge in [0.1, 0.15) is 36.3 Å². The molecule has 14 nitrogen and oxygen atoms in total. The third-order valence-corrected chi connectivity index (χ3v) is 10.7. The van der Waals surface area contributed by atoms with Gasteiger partial charge >= 0.3 is 5.69 Å². The van der Waals surface area contributed by atoms with Gasteiger partial charge in [-0.1, -0.05) is 30.0 Å². The van der Waals surface area contributed by atoms with Crippen molar-refractivity contribution in [3.63, 3.8) is 0 Å². The van der Waals surface area contributed by atoms with E-state index in [2.05, 4.69) is 95.7 Å². The first kappa shape index (κ1) is 41.9. The Bertz CT molecular complexity index is 2590. The molecule has 2 aliphatic heterocycles. The molecule has 0 spiro atoms. The van der Waals surface area contributed by atoms with Gasteiger partial charge in [-0.2, -0.15) is 0 Å². The number of aldehydes is 1. The van der Waals surface area contributed by atoms with E-state index in [-0.39, 0.29) is 49.2 Å². The first-order valence-corrected chi connectivity index (χ1v) is 20.1. The van der Waals surface area contributed by atoms with Crippen LogP contribution in [0.4, 0.5) is 5.69 Å². The number of amides is 3. The van der Waals surface area contributed by atoms with E-state index in [1.807, 2.05) is 24.3 Å². The molecule has 14 heteroatoms. The van der Waals surface area contributed by atoms with E-state index >= 15 is 0 Å². The number of H-pyrrole nitrogens is 1. The van der Waals surface area contributed by atoms with Crippen LogP contribution >= 0.6 is 0 Å². The maximum Gasteiger partial charge on any atom is 0.328 e. The van der Waals surface area contributed by atoms with E-state index in [4.69, 9.17) is 4.42 Å². The van der Waals surface area contributed by atoms with E-state index in [1.165, 1.54) is 6.20 Å². The SMILES string of the molecule is CCN(CC)c1ccc2c(-c3ccccc3C(=O)N3CCN(C(=O)CCC(=O)NCC#Cc4cn(CC=O)c(=O)[nH]c4=O)CC3)c3ccc(=[N+](CC)CC)cc-3oc2c1. The Kier molecular flexibility index (Phi) is 13.6. The lowest BCUT2D eigenvalue weighted by Crippen LogP contribution is -2.50. The molecule has 0 radical (unpaired) electrons. The van der Waals surface area contributed by atoms with Crippen LogP contribution in [-0.4, -0.2) is 102 Å². The number of fused-ring (bicyclic) bond motifs is 2. The summed E-state index contributed by atoms with van der Waals surface area (Å²) in [4.78, 5) is 82.3. The van der Waals surface area contributed by atoms with Crippen LogP contribution in [0, 0.1) is 11.8 Å². The van der Waals surface area contributed by atoms with Crippen molar-refractivity contribution >= 4 is 40.7 Å². The van der Waals surface area contributed by atoms with Gasteiger partial charge in [0.25, 0.3) is 11.5 Å². The zero-order valence-electron chi connectivity index (χ0n) is 34.0. The fourth-order valence-corrected chi connectivity index (χ4v) is 7.51. The number of aromatic nitrogens is 2. The lowest BCUT2D eigenvalue weighted by atomic mass is 9.90. The van der Waals surface area contributed by atoms with Crippen molar-refractivity contribution in [3.05, 3.63) is 104 Å². The minimum Gasteiger partial charge on any atom is -0.456 e. The minimum atomic E-state index is -0.721. The number of rotatable bonds is 13. The molecule has 0 atom stereocenters. The topological polar surface area (TPSA) is 161 Å². The van der Waals surface area contributed by atoms with Crippen molar-refractivity contribution in [2.24, 2.45) is 0 Å². The zero-order valence-corrected chi connectivity index (χ0v) is 34.0. The van der Waals surface area contributed by atoms with Crippen molar-refractivity contribution < 1.29 is 23.6 Å². The Balaban J connectivity index is 1.15. The lowest BCUT2D eigenvalue weighted by Gasteiger charge is -2.35. The molecule has 2 N–H and O–H groups in total. The number of hydrogen-bond donors (Lipinski definition) is 2. The Hall–Kier alpha value is -6.75.